The zero-order valence-electron chi connectivity index (χ0n) is 14.7. The summed E-state index contributed by atoms with van der Waals surface area (Å²) in [7, 11) is 0. The third-order valence-corrected chi connectivity index (χ3v) is 7.46. The zero-order valence-corrected chi connectivity index (χ0v) is 16.4. The fraction of sp³-hybridized carbons (Fsp3) is 0.300. The summed E-state index contributed by atoms with van der Waals surface area (Å²) < 4.78 is 0. The summed E-state index contributed by atoms with van der Waals surface area (Å²) in [5, 5.41) is 17.9. The number of rotatable bonds is 4. The molecule has 4 heterocycles. The Hall–Kier alpha value is -2.18. The van der Waals surface area contributed by atoms with Gasteiger partial charge in [0.1, 0.15) is 11.4 Å². The van der Waals surface area contributed by atoms with Crippen LogP contribution in [0.25, 0.3) is 20.9 Å². The lowest BCUT2D eigenvalue weighted by Gasteiger charge is -2.14. The zero-order chi connectivity index (χ0) is 17.7. The first-order chi connectivity index (χ1) is 12.8. The molecule has 5 rings (SSSR count). The molecule has 0 aliphatic carbocycles. The second kappa shape index (κ2) is 6.21. The van der Waals surface area contributed by atoms with Crippen molar-refractivity contribution < 1.29 is 0 Å². The van der Waals surface area contributed by atoms with Gasteiger partial charge in [0.15, 0.2) is 0 Å². The molecule has 6 heteroatoms. The van der Waals surface area contributed by atoms with Crippen LogP contribution in [0.5, 0.6) is 0 Å². The minimum absolute atomic E-state index is 0.631. The van der Waals surface area contributed by atoms with Crippen LogP contribution in [0.2, 0.25) is 0 Å². The molecule has 2 aliphatic rings. The monoisotopic (exact) mass is 378 g/mol. The second-order valence-corrected chi connectivity index (χ2v) is 8.78. The Balaban J connectivity index is 1.78. The van der Waals surface area contributed by atoms with Crippen molar-refractivity contribution in [2.45, 2.75) is 39.8 Å². The lowest BCUT2D eigenvalue weighted by Crippen LogP contribution is -1.92. The van der Waals surface area contributed by atoms with E-state index in [2.05, 4.69) is 58.6 Å². The third-order valence-electron chi connectivity index (χ3n) is 4.96. The van der Waals surface area contributed by atoms with Crippen molar-refractivity contribution in [3.63, 3.8) is 0 Å². The van der Waals surface area contributed by atoms with E-state index in [1.165, 1.54) is 41.8 Å². The highest BCUT2D eigenvalue weighted by Gasteiger charge is 2.30. The van der Waals surface area contributed by atoms with E-state index in [-0.39, 0.29) is 0 Å². The van der Waals surface area contributed by atoms with Gasteiger partial charge in [-0.3, -0.25) is 0 Å². The van der Waals surface area contributed by atoms with E-state index in [0.717, 1.165) is 24.2 Å². The first-order valence-electron chi connectivity index (χ1n) is 8.95. The van der Waals surface area contributed by atoms with Gasteiger partial charge in [-0.25, -0.2) is 0 Å². The molecule has 26 heavy (non-hydrogen) atoms. The summed E-state index contributed by atoms with van der Waals surface area (Å²) in [6, 6.07) is 8.86. The van der Waals surface area contributed by atoms with Crippen LogP contribution < -0.4 is 0 Å². The number of aryl methyl sites for hydroxylation is 2. The molecular formula is C20H18N4S2. The maximum atomic E-state index is 4.55. The predicted molar refractivity (Wildman–Crippen MR) is 108 cm³/mol. The molecule has 2 aromatic heterocycles. The number of hydrogen-bond donors (Lipinski definition) is 0. The van der Waals surface area contributed by atoms with Crippen LogP contribution in [0, 0.1) is 0 Å². The van der Waals surface area contributed by atoms with Gasteiger partial charge in [0.05, 0.1) is 13.1 Å². The Bertz CT molecular complexity index is 986. The standard InChI is InChI=1S/C20H18N4S2/c1-3-11-5-7-15(25-11)17-13-9-21-24-20(13)18(14-10-22-23-19(14)17)16-8-6-12(4-2)26-16/h5-8H,3-4,9-10H2,1-2H3. The van der Waals surface area contributed by atoms with Crippen LogP contribution in [0.1, 0.15) is 34.7 Å². The largest absolute Gasteiger partial charge is 0.184 e. The Morgan fingerprint density at radius 3 is 1.58 bits per heavy atom. The molecule has 130 valence electrons. The summed E-state index contributed by atoms with van der Waals surface area (Å²) in [5.74, 6) is 0. The number of fused-ring (bicyclic) bond motifs is 2. The van der Waals surface area contributed by atoms with Crippen molar-refractivity contribution in [2.24, 2.45) is 20.5 Å². The van der Waals surface area contributed by atoms with Crippen LogP contribution in [0.3, 0.4) is 0 Å². The van der Waals surface area contributed by atoms with E-state index >= 15 is 0 Å². The molecule has 0 saturated heterocycles. The van der Waals surface area contributed by atoms with Crippen molar-refractivity contribution in [3.8, 4) is 20.9 Å². The Labute approximate surface area is 160 Å². The summed E-state index contributed by atoms with van der Waals surface area (Å²) in [5.41, 5.74) is 6.86. The number of benzene rings is 1. The average Bonchev–Trinajstić information content (AvgIpc) is 3.45. The second-order valence-electron chi connectivity index (χ2n) is 6.44. The fourth-order valence-corrected chi connectivity index (χ4v) is 5.68. The van der Waals surface area contributed by atoms with E-state index in [0.29, 0.717) is 13.1 Å². The van der Waals surface area contributed by atoms with Crippen LogP contribution >= 0.6 is 22.7 Å². The molecule has 0 saturated carbocycles. The van der Waals surface area contributed by atoms with Crippen LogP contribution in [-0.4, -0.2) is 0 Å². The van der Waals surface area contributed by atoms with Gasteiger partial charge in [0, 0.05) is 41.8 Å². The fourth-order valence-electron chi connectivity index (χ4n) is 3.64. The topological polar surface area (TPSA) is 49.4 Å². The van der Waals surface area contributed by atoms with Gasteiger partial charge in [-0.05, 0) is 37.1 Å². The van der Waals surface area contributed by atoms with E-state index in [9.17, 15) is 0 Å². The summed E-state index contributed by atoms with van der Waals surface area (Å²) in [6.45, 7) is 5.65. The van der Waals surface area contributed by atoms with Gasteiger partial charge < -0.3 is 0 Å². The Morgan fingerprint density at radius 2 is 1.19 bits per heavy atom. The molecule has 4 nitrogen and oxygen atoms in total. The van der Waals surface area contributed by atoms with E-state index in [4.69, 9.17) is 0 Å². The van der Waals surface area contributed by atoms with Gasteiger partial charge in [-0.1, -0.05) is 13.8 Å². The molecule has 0 N–H and O–H groups in total. The molecule has 0 spiro atoms. The SMILES string of the molecule is CCc1ccc(-c2c3c(c(-c4ccc(CC)s4)c4c2N=NC4)N=NC3)s1. The van der Waals surface area contributed by atoms with Crippen LogP contribution in [0.15, 0.2) is 44.7 Å². The quantitative estimate of drug-likeness (QED) is 0.452. The molecule has 1 aromatic carbocycles. The number of azo groups is 2. The van der Waals surface area contributed by atoms with Gasteiger partial charge in [-0.15, -0.1) is 22.7 Å². The molecule has 0 atom stereocenters. The van der Waals surface area contributed by atoms with Crippen molar-refractivity contribution in [2.75, 3.05) is 0 Å². The third kappa shape index (κ3) is 2.32. The maximum absolute atomic E-state index is 4.55. The summed E-state index contributed by atoms with van der Waals surface area (Å²) in [4.78, 5) is 5.29. The highest BCUT2D eigenvalue weighted by Crippen LogP contribution is 2.54. The maximum Gasteiger partial charge on any atom is 0.100 e. The minimum Gasteiger partial charge on any atom is -0.184 e. The molecular weight excluding hydrogens is 360 g/mol. The molecule has 0 radical (unpaired) electrons. The predicted octanol–water partition coefficient (Wildman–Crippen LogP) is 7.46. The number of thiophene rings is 2. The van der Waals surface area contributed by atoms with Crippen LogP contribution in [0.4, 0.5) is 11.4 Å². The molecule has 0 unspecified atom stereocenters. The smallest absolute Gasteiger partial charge is 0.100 e. The highest BCUT2D eigenvalue weighted by atomic mass is 32.1. The van der Waals surface area contributed by atoms with Gasteiger partial charge in [-0.2, -0.15) is 20.5 Å². The van der Waals surface area contributed by atoms with E-state index in [1.807, 2.05) is 22.7 Å². The first kappa shape index (κ1) is 16.0. The molecule has 0 fully saturated rings. The van der Waals surface area contributed by atoms with Gasteiger partial charge in [0.2, 0.25) is 0 Å². The molecule has 2 aliphatic heterocycles. The Morgan fingerprint density at radius 1 is 0.731 bits per heavy atom. The molecule has 0 amide bonds. The molecule has 0 bridgehead atoms. The first-order valence-corrected chi connectivity index (χ1v) is 10.6. The van der Waals surface area contributed by atoms with Crippen molar-refractivity contribution in [1.29, 1.82) is 0 Å². The van der Waals surface area contributed by atoms with E-state index < -0.39 is 0 Å². The summed E-state index contributed by atoms with van der Waals surface area (Å²) >= 11 is 3.69. The van der Waals surface area contributed by atoms with Crippen molar-refractivity contribution in [3.05, 3.63) is 45.1 Å². The van der Waals surface area contributed by atoms with Gasteiger partial charge >= 0.3 is 0 Å². The molecule has 3 aromatic rings. The minimum atomic E-state index is 0.631. The van der Waals surface area contributed by atoms with Gasteiger partial charge in [0.25, 0.3) is 0 Å². The van der Waals surface area contributed by atoms with Crippen molar-refractivity contribution >= 4 is 34.0 Å². The summed E-state index contributed by atoms with van der Waals surface area (Å²) in [6.07, 6.45) is 2.11. The van der Waals surface area contributed by atoms with E-state index in [1.54, 1.807) is 0 Å². The highest BCUT2D eigenvalue weighted by molar-refractivity contribution is 7.16. The lowest BCUT2D eigenvalue weighted by molar-refractivity contribution is 1.03. The lowest BCUT2D eigenvalue weighted by atomic mass is 9.92. The average molecular weight is 379 g/mol. The number of nitrogens with zero attached hydrogens (tertiary/aromatic N) is 4. The number of hydrogen-bond acceptors (Lipinski definition) is 6. The normalized spacial score (nSPS) is 14.2. The van der Waals surface area contributed by atoms with Crippen LogP contribution in [-0.2, 0) is 25.9 Å². The Kier molecular flexibility index (Phi) is 3.83. The van der Waals surface area contributed by atoms with Crippen molar-refractivity contribution in [1.82, 2.24) is 0 Å².